The number of nitriles is 1. The SMILES string of the molecule is CC1SCCC1(N)C#N. The van der Waals surface area contributed by atoms with Crippen molar-refractivity contribution >= 4 is 11.8 Å². The molecule has 0 saturated carbocycles. The maximum absolute atomic E-state index is 8.61. The predicted molar refractivity (Wildman–Crippen MR) is 39.1 cm³/mol. The zero-order valence-electron chi connectivity index (χ0n) is 5.42. The molecule has 0 spiro atoms. The summed E-state index contributed by atoms with van der Waals surface area (Å²) in [7, 11) is 0. The lowest BCUT2D eigenvalue weighted by Crippen LogP contribution is -2.42. The first kappa shape index (κ1) is 6.91. The van der Waals surface area contributed by atoms with Gasteiger partial charge in [-0.1, -0.05) is 6.92 Å². The van der Waals surface area contributed by atoms with Crippen molar-refractivity contribution in [1.29, 1.82) is 5.26 Å². The Bertz CT molecular complexity index is 152. The number of nitrogens with zero attached hydrogens (tertiary/aromatic N) is 1. The maximum Gasteiger partial charge on any atom is 0.116 e. The van der Waals surface area contributed by atoms with Crippen molar-refractivity contribution in [2.75, 3.05) is 5.75 Å². The third kappa shape index (κ3) is 1.05. The molecule has 3 heteroatoms. The van der Waals surface area contributed by atoms with Crippen molar-refractivity contribution in [1.82, 2.24) is 0 Å². The molecule has 2 N–H and O–H groups in total. The van der Waals surface area contributed by atoms with Gasteiger partial charge in [-0.25, -0.2) is 0 Å². The zero-order chi connectivity index (χ0) is 6.91. The minimum atomic E-state index is -0.537. The van der Waals surface area contributed by atoms with E-state index in [0.717, 1.165) is 12.2 Å². The van der Waals surface area contributed by atoms with Gasteiger partial charge in [0.05, 0.1) is 6.07 Å². The van der Waals surface area contributed by atoms with Crippen LogP contribution in [-0.4, -0.2) is 16.5 Å². The van der Waals surface area contributed by atoms with Gasteiger partial charge in [-0.2, -0.15) is 17.0 Å². The number of thioether (sulfide) groups is 1. The van der Waals surface area contributed by atoms with Crippen LogP contribution < -0.4 is 5.73 Å². The number of hydrogen-bond donors (Lipinski definition) is 1. The van der Waals surface area contributed by atoms with Crippen LogP contribution in [0, 0.1) is 11.3 Å². The second kappa shape index (κ2) is 2.20. The molecular formula is C6H10N2S. The van der Waals surface area contributed by atoms with Crippen LogP contribution >= 0.6 is 11.8 Å². The van der Waals surface area contributed by atoms with Crippen LogP contribution in [0.5, 0.6) is 0 Å². The van der Waals surface area contributed by atoms with E-state index in [9.17, 15) is 0 Å². The van der Waals surface area contributed by atoms with Crippen LogP contribution in [0.25, 0.3) is 0 Å². The van der Waals surface area contributed by atoms with E-state index in [1.54, 1.807) is 11.8 Å². The van der Waals surface area contributed by atoms with Crippen LogP contribution in [0.15, 0.2) is 0 Å². The van der Waals surface area contributed by atoms with Crippen LogP contribution in [0.4, 0.5) is 0 Å². The van der Waals surface area contributed by atoms with Crippen LogP contribution in [0.2, 0.25) is 0 Å². The molecule has 2 unspecified atom stereocenters. The second-order valence-corrected chi connectivity index (χ2v) is 3.86. The largest absolute Gasteiger partial charge is 0.312 e. The molecule has 50 valence electrons. The Labute approximate surface area is 59.4 Å². The lowest BCUT2D eigenvalue weighted by Gasteiger charge is -2.17. The summed E-state index contributed by atoms with van der Waals surface area (Å²) < 4.78 is 0. The highest BCUT2D eigenvalue weighted by Gasteiger charge is 2.37. The number of rotatable bonds is 0. The highest BCUT2D eigenvalue weighted by Crippen LogP contribution is 2.32. The Morgan fingerprint density at radius 1 is 1.89 bits per heavy atom. The van der Waals surface area contributed by atoms with Crippen molar-refractivity contribution in [3.05, 3.63) is 0 Å². The fourth-order valence-electron chi connectivity index (χ4n) is 0.903. The van der Waals surface area contributed by atoms with Gasteiger partial charge in [0.1, 0.15) is 5.54 Å². The average Bonchev–Trinajstić information content (AvgIpc) is 2.15. The van der Waals surface area contributed by atoms with Gasteiger partial charge in [0.25, 0.3) is 0 Å². The highest BCUT2D eigenvalue weighted by molar-refractivity contribution is 8.00. The normalized spacial score (nSPS) is 42.6. The zero-order valence-corrected chi connectivity index (χ0v) is 6.24. The molecule has 1 fully saturated rings. The Hall–Kier alpha value is -0.200. The number of hydrogen-bond acceptors (Lipinski definition) is 3. The monoisotopic (exact) mass is 142 g/mol. The summed E-state index contributed by atoms with van der Waals surface area (Å²) in [6.45, 7) is 2.01. The van der Waals surface area contributed by atoms with Crippen molar-refractivity contribution in [2.24, 2.45) is 5.73 Å². The third-order valence-corrected chi connectivity index (χ3v) is 3.18. The summed E-state index contributed by atoms with van der Waals surface area (Å²) in [5, 5.41) is 8.92. The molecule has 1 saturated heterocycles. The van der Waals surface area contributed by atoms with Crippen LogP contribution in [0.1, 0.15) is 13.3 Å². The minimum Gasteiger partial charge on any atom is -0.312 e. The molecule has 2 atom stereocenters. The van der Waals surface area contributed by atoms with E-state index in [1.807, 2.05) is 6.92 Å². The fourth-order valence-corrected chi connectivity index (χ4v) is 2.18. The molecule has 1 aliphatic heterocycles. The molecule has 1 heterocycles. The summed E-state index contributed by atoms with van der Waals surface area (Å²) in [4.78, 5) is 0. The van der Waals surface area contributed by atoms with E-state index in [-0.39, 0.29) is 0 Å². The second-order valence-electron chi connectivity index (χ2n) is 2.42. The van der Waals surface area contributed by atoms with Gasteiger partial charge in [0.2, 0.25) is 0 Å². The van der Waals surface area contributed by atoms with Crippen molar-refractivity contribution in [3.63, 3.8) is 0 Å². The van der Waals surface area contributed by atoms with Crippen molar-refractivity contribution in [2.45, 2.75) is 24.1 Å². The molecule has 0 aromatic rings. The van der Waals surface area contributed by atoms with E-state index in [0.29, 0.717) is 5.25 Å². The van der Waals surface area contributed by atoms with Gasteiger partial charge < -0.3 is 5.73 Å². The van der Waals surface area contributed by atoms with E-state index >= 15 is 0 Å². The van der Waals surface area contributed by atoms with Crippen molar-refractivity contribution < 1.29 is 0 Å². The first-order valence-corrected chi connectivity index (χ1v) is 4.05. The lowest BCUT2D eigenvalue weighted by molar-refractivity contribution is 0.546. The minimum absolute atomic E-state index is 0.308. The summed E-state index contributed by atoms with van der Waals surface area (Å²) in [5.74, 6) is 1.03. The smallest absolute Gasteiger partial charge is 0.116 e. The standard InChI is InChI=1S/C6H10N2S/c1-5-6(8,4-7)2-3-9-5/h5H,2-3,8H2,1H3. The summed E-state index contributed by atoms with van der Waals surface area (Å²) in [6.07, 6.45) is 0.843. The fraction of sp³-hybridized carbons (Fsp3) is 0.833. The molecule has 0 radical (unpaired) electrons. The predicted octanol–water partition coefficient (Wildman–Crippen LogP) is 0.733. The first-order valence-electron chi connectivity index (χ1n) is 3.01. The summed E-state index contributed by atoms with van der Waals surface area (Å²) >= 11 is 1.78. The molecule has 2 nitrogen and oxygen atoms in total. The molecule has 0 aliphatic carbocycles. The van der Waals surface area contributed by atoms with Crippen LogP contribution in [-0.2, 0) is 0 Å². The molecule has 1 aliphatic rings. The highest BCUT2D eigenvalue weighted by atomic mass is 32.2. The van der Waals surface area contributed by atoms with Crippen LogP contribution in [0.3, 0.4) is 0 Å². The van der Waals surface area contributed by atoms with Crippen molar-refractivity contribution in [3.8, 4) is 6.07 Å². The molecule has 0 bridgehead atoms. The molecule has 9 heavy (non-hydrogen) atoms. The lowest BCUT2D eigenvalue weighted by atomic mass is 9.97. The van der Waals surface area contributed by atoms with E-state index in [2.05, 4.69) is 6.07 Å². The first-order chi connectivity index (χ1) is 4.19. The Morgan fingerprint density at radius 3 is 2.78 bits per heavy atom. The Morgan fingerprint density at radius 2 is 2.56 bits per heavy atom. The van der Waals surface area contributed by atoms with Gasteiger partial charge in [-0.15, -0.1) is 0 Å². The van der Waals surface area contributed by atoms with E-state index in [4.69, 9.17) is 11.0 Å². The summed E-state index contributed by atoms with van der Waals surface area (Å²) in [5.41, 5.74) is 5.18. The number of nitrogens with two attached hydrogens (primary N) is 1. The molecular weight excluding hydrogens is 132 g/mol. The quantitative estimate of drug-likeness (QED) is 0.542. The third-order valence-electron chi connectivity index (χ3n) is 1.82. The Kier molecular flexibility index (Phi) is 1.69. The Balaban J connectivity index is 2.70. The average molecular weight is 142 g/mol. The molecule has 0 aromatic heterocycles. The maximum atomic E-state index is 8.61. The molecule has 0 amide bonds. The molecule has 0 aromatic carbocycles. The van der Waals surface area contributed by atoms with Gasteiger partial charge in [0, 0.05) is 5.25 Å². The topological polar surface area (TPSA) is 49.8 Å². The molecule has 1 rings (SSSR count). The summed E-state index contributed by atoms with van der Waals surface area (Å²) in [6, 6.07) is 2.15. The van der Waals surface area contributed by atoms with Gasteiger partial charge >= 0.3 is 0 Å². The van der Waals surface area contributed by atoms with E-state index < -0.39 is 5.54 Å². The van der Waals surface area contributed by atoms with Gasteiger partial charge in [0.15, 0.2) is 0 Å². The van der Waals surface area contributed by atoms with Gasteiger partial charge in [-0.3, -0.25) is 0 Å². The van der Waals surface area contributed by atoms with E-state index in [1.165, 1.54) is 0 Å². The van der Waals surface area contributed by atoms with Gasteiger partial charge in [-0.05, 0) is 12.2 Å².